The standard InChI is InChI=1S/C15H13N3O2/c1-20-13-5-3-2-4-12(13)9-14-16-15-8-11(10-19)6-7-18(15)17-14/h2-8,10H,9H2,1H3. The van der Waals surface area contributed by atoms with Crippen LogP contribution < -0.4 is 4.74 Å². The zero-order chi connectivity index (χ0) is 13.9. The molecular formula is C15H13N3O2. The third-order valence-electron chi connectivity index (χ3n) is 3.08. The largest absolute Gasteiger partial charge is 0.496 e. The van der Waals surface area contributed by atoms with Crippen molar-refractivity contribution in [2.45, 2.75) is 6.42 Å². The van der Waals surface area contributed by atoms with E-state index in [-0.39, 0.29) is 0 Å². The van der Waals surface area contributed by atoms with Crippen LogP contribution >= 0.6 is 0 Å². The molecule has 2 heterocycles. The molecule has 20 heavy (non-hydrogen) atoms. The second-order valence-electron chi connectivity index (χ2n) is 4.40. The number of benzene rings is 1. The van der Waals surface area contributed by atoms with Crippen molar-refractivity contribution in [1.29, 1.82) is 0 Å². The number of aldehydes is 1. The van der Waals surface area contributed by atoms with E-state index < -0.39 is 0 Å². The Morgan fingerprint density at radius 1 is 1.30 bits per heavy atom. The predicted molar refractivity (Wildman–Crippen MR) is 74.2 cm³/mol. The Balaban J connectivity index is 1.96. The molecule has 0 spiro atoms. The normalized spacial score (nSPS) is 10.7. The first-order chi connectivity index (χ1) is 9.80. The molecule has 0 fully saturated rings. The van der Waals surface area contributed by atoms with Gasteiger partial charge in [0.2, 0.25) is 0 Å². The van der Waals surface area contributed by atoms with Crippen molar-refractivity contribution in [2.24, 2.45) is 0 Å². The van der Waals surface area contributed by atoms with Crippen LogP contribution in [0.15, 0.2) is 42.6 Å². The minimum Gasteiger partial charge on any atom is -0.496 e. The van der Waals surface area contributed by atoms with Crippen LogP contribution in [0.1, 0.15) is 21.7 Å². The van der Waals surface area contributed by atoms with Crippen LogP contribution in [-0.4, -0.2) is 28.0 Å². The number of carbonyl (C=O) groups excluding carboxylic acids is 1. The second-order valence-corrected chi connectivity index (χ2v) is 4.40. The number of hydrogen-bond donors (Lipinski definition) is 0. The fourth-order valence-electron chi connectivity index (χ4n) is 2.11. The maximum absolute atomic E-state index is 10.8. The molecule has 3 rings (SSSR count). The van der Waals surface area contributed by atoms with Gasteiger partial charge in [-0.1, -0.05) is 18.2 Å². The Bertz CT molecular complexity index is 765. The molecule has 0 aliphatic rings. The molecule has 0 N–H and O–H groups in total. The van der Waals surface area contributed by atoms with E-state index >= 15 is 0 Å². The fraction of sp³-hybridized carbons (Fsp3) is 0.133. The van der Waals surface area contributed by atoms with E-state index in [9.17, 15) is 4.79 Å². The molecule has 0 saturated heterocycles. The summed E-state index contributed by atoms with van der Waals surface area (Å²) in [6.45, 7) is 0. The van der Waals surface area contributed by atoms with E-state index in [4.69, 9.17) is 4.74 Å². The van der Waals surface area contributed by atoms with Gasteiger partial charge in [-0.2, -0.15) is 5.10 Å². The number of rotatable bonds is 4. The summed E-state index contributed by atoms with van der Waals surface area (Å²) in [5, 5.41) is 4.39. The number of para-hydroxylation sites is 1. The van der Waals surface area contributed by atoms with E-state index in [2.05, 4.69) is 10.1 Å². The Morgan fingerprint density at radius 3 is 2.95 bits per heavy atom. The predicted octanol–water partition coefficient (Wildman–Crippen LogP) is 2.14. The molecule has 0 atom stereocenters. The highest BCUT2D eigenvalue weighted by atomic mass is 16.5. The fourth-order valence-corrected chi connectivity index (χ4v) is 2.11. The van der Waals surface area contributed by atoms with Crippen molar-refractivity contribution in [3.8, 4) is 5.75 Å². The zero-order valence-electron chi connectivity index (χ0n) is 11.0. The van der Waals surface area contributed by atoms with Crippen LogP contribution in [0.5, 0.6) is 5.75 Å². The van der Waals surface area contributed by atoms with Gasteiger partial charge in [0, 0.05) is 23.7 Å². The van der Waals surface area contributed by atoms with Gasteiger partial charge in [-0.05, 0) is 18.2 Å². The molecule has 0 radical (unpaired) electrons. The average Bonchev–Trinajstić information content (AvgIpc) is 2.89. The van der Waals surface area contributed by atoms with Crippen LogP contribution in [0.4, 0.5) is 0 Å². The molecule has 100 valence electrons. The Labute approximate surface area is 115 Å². The minimum absolute atomic E-state index is 0.585. The van der Waals surface area contributed by atoms with E-state index in [1.54, 1.807) is 30.0 Å². The van der Waals surface area contributed by atoms with Gasteiger partial charge < -0.3 is 4.74 Å². The Kier molecular flexibility index (Phi) is 3.16. The smallest absolute Gasteiger partial charge is 0.156 e. The Hall–Kier alpha value is -2.69. The molecule has 0 unspecified atom stereocenters. The van der Waals surface area contributed by atoms with Crippen molar-refractivity contribution < 1.29 is 9.53 Å². The highest BCUT2D eigenvalue weighted by Crippen LogP contribution is 2.20. The number of nitrogens with zero attached hydrogens (tertiary/aromatic N) is 3. The summed E-state index contributed by atoms with van der Waals surface area (Å²) in [7, 11) is 1.65. The van der Waals surface area contributed by atoms with E-state index in [0.717, 1.165) is 17.6 Å². The number of ether oxygens (including phenoxy) is 1. The van der Waals surface area contributed by atoms with E-state index in [0.29, 0.717) is 23.5 Å². The number of fused-ring (bicyclic) bond motifs is 1. The molecule has 5 heteroatoms. The summed E-state index contributed by atoms with van der Waals surface area (Å²) >= 11 is 0. The van der Waals surface area contributed by atoms with E-state index in [1.807, 2.05) is 24.3 Å². The van der Waals surface area contributed by atoms with Crippen LogP contribution in [0.2, 0.25) is 0 Å². The first kappa shape index (κ1) is 12.3. The highest BCUT2D eigenvalue weighted by molar-refractivity contribution is 5.76. The summed E-state index contributed by atoms with van der Waals surface area (Å²) in [5.74, 6) is 1.51. The molecule has 0 saturated carbocycles. The summed E-state index contributed by atoms with van der Waals surface area (Å²) in [6.07, 6.45) is 3.12. The van der Waals surface area contributed by atoms with Crippen molar-refractivity contribution in [3.05, 3.63) is 59.5 Å². The third kappa shape index (κ3) is 2.25. The monoisotopic (exact) mass is 267 g/mol. The number of hydrogen-bond acceptors (Lipinski definition) is 4. The number of methoxy groups -OCH3 is 1. The lowest BCUT2D eigenvalue weighted by atomic mass is 10.1. The van der Waals surface area contributed by atoms with Gasteiger partial charge in [-0.3, -0.25) is 4.79 Å². The van der Waals surface area contributed by atoms with E-state index in [1.165, 1.54) is 0 Å². The first-order valence-electron chi connectivity index (χ1n) is 6.22. The lowest BCUT2D eigenvalue weighted by Crippen LogP contribution is -1.95. The van der Waals surface area contributed by atoms with Gasteiger partial charge in [-0.15, -0.1) is 0 Å². The summed E-state index contributed by atoms with van der Waals surface area (Å²) in [5.41, 5.74) is 2.29. The molecule has 0 bridgehead atoms. The van der Waals surface area contributed by atoms with Crippen LogP contribution in [0.25, 0.3) is 5.65 Å². The summed E-state index contributed by atoms with van der Waals surface area (Å²) in [6, 6.07) is 11.2. The summed E-state index contributed by atoms with van der Waals surface area (Å²) < 4.78 is 6.98. The van der Waals surface area contributed by atoms with Crippen molar-refractivity contribution in [1.82, 2.24) is 14.6 Å². The van der Waals surface area contributed by atoms with Gasteiger partial charge in [0.1, 0.15) is 12.0 Å². The lowest BCUT2D eigenvalue weighted by molar-refractivity contribution is 0.112. The molecule has 2 aromatic heterocycles. The van der Waals surface area contributed by atoms with Crippen LogP contribution in [0, 0.1) is 0 Å². The topological polar surface area (TPSA) is 56.5 Å². The van der Waals surface area contributed by atoms with Crippen LogP contribution in [-0.2, 0) is 6.42 Å². The average molecular weight is 267 g/mol. The molecule has 1 aromatic carbocycles. The van der Waals surface area contributed by atoms with Gasteiger partial charge in [0.25, 0.3) is 0 Å². The third-order valence-corrected chi connectivity index (χ3v) is 3.08. The zero-order valence-corrected chi connectivity index (χ0v) is 11.0. The van der Waals surface area contributed by atoms with Gasteiger partial charge in [-0.25, -0.2) is 9.50 Å². The van der Waals surface area contributed by atoms with Gasteiger partial charge >= 0.3 is 0 Å². The first-order valence-corrected chi connectivity index (χ1v) is 6.22. The van der Waals surface area contributed by atoms with Crippen molar-refractivity contribution in [2.75, 3.05) is 7.11 Å². The van der Waals surface area contributed by atoms with Gasteiger partial charge in [0.15, 0.2) is 11.5 Å². The van der Waals surface area contributed by atoms with Gasteiger partial charge in [0.05, 0.1) is 7.11 Å². The molecule has 0 aliphatic carbocycles. The summed E-state index contributed by atoms with van der Waals surface area (Å²) in [4.78, 5) is 15.2. The number of carbonyl (C=O) groups is 1. The lowest BCUT2D eigenvalue weighted by Gasteiger charge is -2.05. The maximum atomic E-state index is 10.8. The molecule has 0 aliphatic heterocycles. The molecule has 3 aromatic rings. The van der Waals surface area contributed by atoms with Crippen molar-refractivity contribution in [3.63, 3.8) is 0 Å². The van der Waals surface area contributed by atoms with Crippen molar-refractivity contribution >= 4 is 11.9 Å². The molecule has 5 nitrogen and oxygen atoms in total. The highest BCUT2D eigenvalue weighted by Gasteiger charge is 2.08. The quantitative estimate of drug-likeness (QED) is 0.680. The molecular weight excluding hydrogens is 254 g/mol. The number of pyridine rings is 1. The second kappa shape index (κ2) is 5.13. The molecule has 0 amide bonds. The number of aromatic nitrogens is 3. The maximum Gasteiger partial charge on any atom is 0.156 e. The SMILES string of the molecule is COc1ccccc1Cc1nc2cc(C=O)ccn2n1. The Morgan fingerprint density at radius 2 is 2.15 bits per heavy atom. The minimum atomic E-state index is 0.585. The van der Waals surface area contributed by atoms with Crippen LogP contribution in [0.3, 0.4) is 0 Å².